The molecule has 0 aliphatic rings. The van der Waals surface area contributed by atoms with Crippen molar-refractivity contribution in [3.63, 3.8) is 0 Å². The molecule has 3 heterocycles. The molecule has 2 N–H and O–H groups in total. The molecular formula is C14H13N5O2. The lowest BCUT2D eigenvalue weighted by molar-refractivity contribution is 0.397. The Morgan fingerprint density at radius 3 is 2.86 bits per heavy atom. The van der Waals surface area contributed by atoms with E-state index in [9.17, 15) is 0 Å². The lowest BCUT2D eigenvalue weighted by Gasteiger charge is -1.99. The predicted octanol–water partition coefficient (Wildman–Crippen LogP) is 1.71. The van der Waals surface area contributed by atoms with Gasteiger partial charge in [0.05, 0.1) is 18.4 Å². The molecule has 0 spiro atoms. The Labute approximate surface area is 120 Å². The molecule has 0 amide bonds. The van der Waals surface area contributed by atoms with Crippen LogP contribution in [-0.4, -0.2) is 27.2 Å². The number of hydrogen-bond acceptors (Lipinski definition) is 7. The molecule has 0 unspecified atom stereocenters. The average Bonchev–Trinajstić information content (AvgIpc) is 2.97. The van der Waals surface area contributed by atoms with E-state index >= 15 is 0 Å². The zero-order valence-electron chi connectivity index (χ0n) is 11.4. The smallest absolute Gasteiger partial charge is 0.259 e. The van der Waals surface area contributed by atoms with Crippen LogP contribution in [-0.2, 0) is 6.42 Å². The molecule has 0 aliphatic carbocycles. The van der Waals surface area contributed by atoms with Crippen LogP contribution in [0.1, 0.15) is 11.4 Å². The summed E-state index contributed by atoms with van der Waals surface area (Å²) in [6.07, 6.45) is 5.43. The van der Waals surface area contributed by atoms with E-state index < -0.39 is 0 Å². The van der Waals surface area contributed by atoms with E-state index in [2.05, 4.69) is 20.1 Å². The van der Waals surface area contributed by atoms with Crippen molar-refractivity contribution < 1.29 is 9.26 Å². The number of nitrogens with two attached hydrogens (primary N) is 1. The summed E-state index contributed by atoms with van der Waals surface area (Å²) in [7, 11) is 1.58. The second kappa shape index (κ2) is 5.58. The Hall–Kier alpha value is -2.96. The number of rotatable bonds is 4. The van der Waals surface area contributed by atoms with Crippen LogP contribution in [0.4, 0.5) is 5.69 Å². The number of pyridine rings is 2. The van der Waals surface area contributed by atoms with Gasteiger partial charge >= 0.3 is 0 Å². The Kier molecular flexibility index (Phi) is 3.46. The van der Waals surface area contributed by atoms with Crippen molar-refractivity contribution in [1.29, 1.82) is 0 Å². The fraction of sp³-hybridized carbons (Fsp3) is 0.143. The third-order valence-electron chi connectivity index (χ3n) is 2.84. The monoisotopic (exact) mass is 283 g/mol. The average molecular weight is 283 g/mol. The molecule has 0 saturated carbocycles. The number of nitrogens with zero attached hydrogens (tertiary/aromatic N) is 4. The van der Waals surface area contributed by atoms with Crippen LogP contribution in [0.3, 0.4) is 0 Å². The van der Waals surface area contributed by atoms with E-state index in [1.54, 1.807) is 37.8 Å². The molecule has 0 saturated heterocycles. The Balaban J connectivity index is 1.78. The highest BCUT2D eigenvalue weighted by Crippen LogP contribution is 2.19. The molecule has 0 bridgehead atoms. The second-order valence-corrected chi connectivity index (χ2v) is 4.41. The van der Waals surface area contributed by atoms with Crippen LogP contribution in [0, 0.1) is 0 Å². The molecule has 0 aliphatic heterocycles. The first-order chi connectivity index (χ1) is 10.2. The van der Waals surface area contributed by atoms with E-state index in [0.29, 0.717) is 35.3 Å². The highest BCUT2D eigenvalue weighted by Gasteiger charge is 2.10. The standard InChI is InChI=1S/C14H13N5O2/c1-20-13-3-2-9(6-17-13)4-12-18-14(21-19-12)10-5-11(15)8-16-7-10/h2-3,5-8H,4,15H2,1H3. The van der Waals surface area contributed by atoms with Crippen LogP contribution >= 0.6 is 0 Å². The lowest BCUT2D eigenvalue weighted by atomic mass is 10.2. The first kappa shape index (κ1) is 13.0. The van der Waals surface area contributed by atoms with Crippen LogP contribution in [0.15, 0.2) is 41.3 Å². The molecule has 21 heavy (non-hydrogen) atoms. The summed E-state index contributed by atoms with van der Waals surface area (Å²) in [6, 6.07) is 5.43. The van der Waals surface area contributed by atoms with Crippen LogP contribution in [0.25, 0.3) is 11.5 Å². The highest BCUT2D eigenvalue weighted by atomic mass is 16.5. The maximum absolute atomic E-state index is 5.68. The van der Waals surface area contributed by atoms with Gasteiger partial charge in [-0.05, 0) is 11.6 Å². The summed E-state index contributed by atoms with van der Waals surface area (Å²) in [4.78, 5) is 12.5. The Morgan fingerprint density at radius 2 is 2.14 bits per heavy atom. The van der Waals surface area contributed by atoms with Crippen molar-refractivity contribution in [2.24, 2.45) is 0 Å². The van der Waals surface area contributed by atoms with Gasteiger partial charge in [0.15, 0.2) is 5.82 Å². The lowest BCUT2D eigenvalue weighted by Crippen LogP contribution is -1.93. The van der Waals surface area contributed by atoms with Gasteiger partial charge < -0.3 is 15.0 Å². The molecule has 3 aromatic rings. The van der Waals surface area contributed by atoms with Gasteiger partial charge in [-0.15, -0.1) is 0 Å². The minimum Gasteiger partial charge on any atom is -0.481 e. The molecule has 0 fully saturated rings. The maximum atomic E-state index is 5.68. The first-order valence-corrected chi connectivity index (χ1v) is 6.27. The van der Waals surface area contributed by atoms with Gasteiger partial charge in [0.2, 0.25) is 5.88 Å². The third-order valence-corrected chi connectivity index (χ3v) is 2.84. The van der Waals surface area contributed by atoms with Gasteiger partial charge in [0.1, 0.15) is 0 Å². The van der Waals surface area contributed by atoms with Gasteiger partial charge in [0.25, 0.3) is 5.89 Å². The van der Waals surface area contributed by atoms with Crippen molar-refractivity contribution in [1.82, 2.24) is 20.1 Å². The molecular weight excluding hydrogens is 270 g/mol. The minimum absolute atomic E-state index is 0.395. The fourth-order valence-electron chi connectivity index (χ4n) is 1.84. The van der Waals surface area contributed by atoms with Crippen molar-refractivity contribution >= 4 is 5.69 Å². The number of methoxy groups -OCH3 is 1. The van der Waals surface area contributed by atoms with E-state index in [1.807, 2.05) is 6.07 Å². The number of nitrogen functional groups attached to an aromatic ring is 1. The van der Waals surface area contributed by atoms with E-state index in [4.69, 9.17) is 15.0 Å². The Morgan fingerprint density at radius 1 is 1.24 bits per heavy atom. The topological polar surface area (TPSA) is 100.0 Å². The third kappa shape index (κ3) is 2.97. The summed E-state index contributed by atoms with van der Waals surface area (Å²) in [5.41, 5.74) is 7.89. The van der Waals surface area contributed by atoms with Crippen molar-refractivity contribution in [3.05, 3.63) is 48.2 Å². The first-order valence-electron chi connectivity index (χ1n) is 6.27. The van der Waals surface area contributed by atoms with Crippen LogP contribution in [0.2, 0.25) is 0 Å². The highest BCUT2D eigenvalue weighted by molar-refractivity contribution is 5.57. The van der Waals surface area contributed by atoms with Crippen LogP contribution < -0.4 is 10.5 Å². The van der Waals surface area contributed by atoms with Gasteiger partial charge in [0, 0.05) is 31.1 Å². The summed E-state index contributed by atoms with van der Waals surface area (Å²) in [5.74, 6) is 1.53. The number of aromatic nitrogens is 4. The molecule has 3 rings (SSSR count). The molecule has 106 valence electrons. The van der Waals surface area contributed by atoms with E-state index in [0.717, 1.165) is 5.56 Å². The molecule has 0 atom stereocenters. The SMILES string of the molecule is COc1ccc(Cc2noc(-c3cncc(N)c3)n2)cn1. The minimum atomic E-state index is 0.395. The summed E-state index contributed by atoms with van der Waals surface area (Å²) in [6.45, 7) is 0. The molecule has 7 heteroatoms. The van der Waals surface area contributed by atoms with Gasteiger partial charge in [-0.3, -0.25) is 4.98 Å². The molecule has 7 nitrogen and oxygen atoms in total. The second-order valence-electron chi connectivity index (χ2n) is 4.41. The molecule has 3 aromatic heterocycles. The summed E-state index contributed by atoms with van der Waals surface area (Å²) in [5, 5.41) is 3.95. The van der Waals surface area contributed by atoms with Gasteiger partial charge in [-0.25, -0.2) is 4.98 Å². The summed E-state index contributed by atoms with van der Waals surface area (Å²) < 4.78 is 10.2. The van der Waals surface area contributed by atoms with Gasteiger partial charge in [-0.1, -0.05) is 11.2 Å². The normalized spacial score (nSPS) is 10.5. The predicted molar refractivity (Wildman–Crippen MR) is 75.5 cm³/mol. The van der Waals surface area contributed by atoms with Crippen molar-refractivity contribution in [2.75, 3.05) is 12.8 Å². The summed E-state index contributed by atoms with van der Waals surface area (Å²) >= 11 is 0. The van der Waals surface area contributed by atoms with Gasteiger partial charge in [-0.2, -0.15) is 4.98 Å². The zero-order chi connectivity index (χ0) is 14.7. The van der Waals surface area contributed by atoms with Crippen molar-refractivity contribution in [2.45, 2.75) is 6.42 Å². The number of ether oxygens (including phenoxy) is 1. The largest absolute Gasteiger partial charge is 0.481 e. The fourth-order valence-corrected chi connectivity index (χ4v) is 1.84. The zero-order valence-corrected chi connectivity index (χ0v) is 11.4. The van der Waals surface area contributed by atoms with E-state index in [1.165, 1.54) is 0 Å². The maximum Gasteiger partial charge on any atom is 0.259 e. The molecule has 0 radical (unpaired) electrons. The number of hydrogen-bond donors (Lipinski definition) is 1. The molecule has 0 aromatic carbocycles. The van der Waals surface area contributed by atoms with E-state index in [-0.39, 0.29) is 0 Å². The van der Waals surface area contributed by atoms with Crippen molar-refractivity contribution in [3.8, 4) is 17.3 Å². The quantitative estimate of drug-likeness (QED) is 0.777. The Bertz CT molecular complexity index is 739. The van der Waals surface area contributed by atoms with Crippen LogP contribution in [0.5, 0.6) is 5.88 Å². The number of anilines is 1.